The summed E-state index contributed by atoms with van der Waals surface area (Å²) < 4.78 is 0. The minimum absolute atomic E-state index is 0.113. The molecule has 6 nitrogen and oxygen atoms in total. The molecule has 0 bridgehead atoms. The summed E-state index contributed by atoms with van der Waals surface area (Å²) in [4.78, 5) is 30.4. The Morgan fingerprint density at radius 1 is 1.48 bits per heavy atom. The van der Waals surface area contributed by atoms with Crippen molar-refractivity contribution < 1.29 is 14.7 Å². The lowest BCUT2D eigenvalue weighted by molar-refractivity contribution is -0.137. The number of amides is 1. The van der Waals surface area contributed by atoms with E-state index in [2.05, 4.69) is 9.88 Å². The number of carboxylic acid groups (broad SMARTS) is 1. The monoisotopic (exact) mass is 291 g/mol. The highest BCUT2D eigenvalue weighted by atomic mass is 16.4. The molecule has 1 aromatic rings. The van der Waals surface area contributed by atoms with Gasteiger partial charge >= 0.3 is 5.97 Å². The van der Waals surface area contributed by atoms with Crippen LogP contribution >= 0.6 is 0 Å². The standard InChI is InChI=1S/C15H21N3O3/c1-17(2)15(21)13-9-12(5-7-16-13)18-8-6-11(10-18)3-4-14(19)20/h5,7,9,11H,3-4,6,8,10H2,1-2H3,(H,19,20). The number of hydrogen-bond donors (Lipinski definition) is 1. The Morgan fingerprint density at radius 3 is 2.90 bits per heavy atom. The van der Waals surface area contributed by atoms with Gasteiger partial charge in [-0.15, -0.1) is 0 Å². The van der Waals surface area contributed by atoms with E-state index < -0.39 is 5.97 Å². The molecule has 1 unspecified atom stereocenters. The second-order valence-electron chi connectivity index (χ2n) is 5.63. The first-order chi connectivity index (χ1) is 9.97. The molecule has 1 N–H and O–H groups in total. The zero-order chi connectivity index (χ0) is 15.4. The van der Waals surface area contributed by atoms with Crippen LogP contribution in [0.3, 0.4) is 0 Å². The van der Waals surface area contributed by atoms with Gasteiger partial charge in [-0.3, -0.25) is 14.6 Å². The second kappa shape index (κ2) is 6.56. The Hall–Kier alpha value is -2.11. The van der Waals surface area contributed by atoms with Gasteiger partial charge in [0.25, 0.3) is 5.91 Å². The van der Waals surface area contributed by atoms with Gasteiger partial charge in [0.1, 0.15) is 5.69 Å². The van der Waals surface area contributed by atoms with Crippen molar-refractivity contribution in [2.24, 2.45) is 5.92 Å². The number of aromatic nitrogens is 1. The summed E-state index contributed by atoms with van der Waals surface area (Å²) >= 11 is 0. The Kier molecular flexibility index (Phi) is 4.77. The van der Waals surface area contributed by atoms with Gasteiger partial charge in [-0.05, 0) is 30.9 Å². The summed E-state index contributed by atoms with van der Waals surface area (Å²) in [5.74, 6) is -0.447. The predicted molar refractivity (Wildman–Crippen MR) is 79.4 cm³/mol. The molecule has 1 aromatic heterocycles. The van der Waals surface area contributed by atoms with E-state index in [0.717, 1.165) is 25.2 Å². The van der Waals surface area contributed by atoms with E-state index in [1.165, 1.54) is 4.90 Å². The van der Waals surface area contributed by atoms with Crippen LogP contribution in [0.1, 0.15) is 29.8 Å². The van der Waals surface area contributed by atoms with Crippen molar-refractivity contribution in [2.75, 3.05) is 32.1 Å². The molecule has 114 valence electrons. The van der Waals surface area contributed by atoms with Crippen LogP contribution in [0.5, 0.6) is 0 Å². The zero-order valence-corrected chi connectivity index (χ0v) is 12.5. The Morgan fingerprint density at radius 2 is 2.24 bits per heavy atom. The highest BCUT2D eigenvalue weighted by Crippen LogP contribution is 2.26. The molecule has 1 aliphatic heterocycles. The van der Waals surface area contributed by atoms with Crippen LogP contribution in [-0.2, 0) is 4.79 Å². The lowest BCUT2D eigenvalue weighted by atomic mass is 10.0. The largest absolute Gasteiger partial charge is 0.481 e. The van der Waals surface area contributed by atoms with Crippen LogP contribution in [0.25, 0.3) is 0 Å². The number of hydrogen-bond acceptors (Lipinski definition) is 4. The lowest BCUT2D eigenvalue weighted by Gasteiger charge is -2.19. The highest BCUT2D eigenvalue weighted by Gasteiger charge is 2.24. The highest BCUT2D eigenvalue weighted by molar-refractivity contribution is 5.92. The smallest absolute Gasteiger partial charge is 0.303 e. The number of anilines is 1. The number of carboxylic acids is 1. The zero-order valence-electron chi connectivity index (χ0n) is 12.5. The molecular weight excluding hydrogens is 270 g/mol. The molecule has 6 heteroatoms. The van der Waals surface area contributed by atoms with Crippen LogP contribution < -0.4 is 4.90 Å². The minimum atomic E-state index is -0.740. The maximum atomic E-state index is 11.9. The molecular formula is C15H21N3O3. The minimum Gasteiger partial charge on any atom is -0.481 e. The summed E-state index contributed by atoms with van der Waals surface area (Å²) in [6, 6.07) is 3.70. The molecule has 0 radical (unpaired) electrons. The quantitative estimate of drug-likeness (QED) is 0.889. The van der Waals surface area contributed by atoms with E-state index in [4.69, 9.17) is 5.11 Å². The number of carbonyl (C=O) groups excluding carboxylic acids is 1. The average Bonchev–Trinajstić information content (AvgIpc) is 2.93. The molecule has 0 aliphatic carbocycles. The van der Waals surface area contributed by atoms with Gasteiger partial charge in [-0.25, -0.2) is 0 Å². The average molecular weight is 291 g/mol. The maximum absolute atomic E-state index is 11.9. The molecule has 2 rings (SSSR count). The summed E-state index contributed by atoms with van der Waals surface area (Å²) in [5.41, 5.74) is 1.42. The Labute approximate surface area is 124 Å². The van der Waals surface area contributed by atoms with E-state index in [-0.39, 0.29) is 12.3 Å². The van der Waals surface area contributed by atoms with Gasteiger partial charge < -0.3 is 14.9 Å². The third-order valence-corrected chi connectivity index (χ3v) is 3.79. The normalized spacial score (nSPS) is 17.8. The van der Waals surface area contributed by atoms with E-state index >= 15 is 0 Å². The van der Waals surface area contributed by atoms with Gasteiger partial charge in [-0.2, -0.15) is 0 Å². The SMILES string of the molecule is CN(C)C(=O)c1cc(N2CCC(CCC(=O)O)C2)ccn1. The Bertz CT molecular complexity index is 531. The van der Waals surface area contributed by atoms with Crippen molar-refractivity contribution in [1.29, 1.82) is 0 Å². The second-order valence-corrected chi connectivity index (χ2v) is 5.63. The molecule has 2 heterocycles. The number of rotatable bonds is 5. The van der Waals surface area contributed by atoms with E-state index in [1.54, 1.807) is 20.3 Å². The molecule has 1 amide bonds. The van der Waals surface area contributed by atoms with Gasteiger partial charge in [0, 0.05) is 45.5 Å². The van der Waals surface area contributed by atoms with Gasteiger partial charge in [0.15, 0.2) is 0 Å². The van der Waals surface area contributed by atoms with Crippen molar-refractivity contribution in [3.8, 4) is 0 Å². The number of carbonyl (C=O) groups is 2. The Balaban J connectivity index is 2.01. The van der Waals surface area contributed by atoms with Crippen molar-refractivity contribution in [3.05, 3.63) is 24.0 Å². The summed E-state index contributed by atoms with van der Waals surface area (Å²) in [6.45, 7) is 1.73. The lowest BCUT2D eigenvalue weighted by Crippen LogP contribution is -2.24. The van der Waals surface area contributed by atoms with Crippen LogP contribution in [0.4, 0.5) is 5.69 Å². The number of aliphatic carboxylic acids is 1. The first kappa shape index (κ1) is 15.3. The topological polar surface area (TPSA) is 73.7 Å². The fraction of sp³-hybridized carbons (Fsp3) is 0.533. The van der Waals surface area contributed by atoms with Crippen molar-refractivity contribution >= 4 is 17.6 Å². The van der Waals surface area contributed by atoms with Gasteiger partial charge in [0.05, 0.1) is 0 Å². The molecule has 1 fully saturated rings. The van der Waals surface area contributed by atoms with Gasteiger partial charge in [-0.1, -0.05) is 0 Å². The molecule has 0 aromatic carbocycles. The van der Waals surface area contributed by atoms with E-state index in [1.807, 2.05) is 12.1 Å². The van der Waals surface area contributed by atoms with Gasteiger partial charge in [0.2, 0.25) is 0 Å². The van der Waals surface area contributed by atoms with Crippen LogP contribution in [0.2, 0.25) is 0 Å². The summed E-state index contributed by atoms with van der Waals surface area (Å²) in [7, 11) is 3.41. The molecule has 21 heavy (non-hydrogen) atoms. The fourth-order valence-corrected chi connectivity index (χ4v) is 2.59. The van der Waals surface area contributed by atoms with E-state index in [9.17, 15) is 9.59 Å². The van der Waals surface area contributed by atoms with Crippen molar-refractivity contribution in [2.45, 2.75) is 19.3 Å². The summed E-state index contributed by atoms with van der Waals surface area (Å²) in [5, 5.41) is 8.74. The first-order valence-electron chi connectivity index (χ1n) is 7.12. The maximum Gasteiger partial charge on any atom is 0.303 e. The number of nitrogens with zero attached hydrogens (tertiary/aromatic N) is 3. The third kappa shape index (κ3) is 3.93. The predicted octanol–water partition coefficient (Wildman–Crippen LogP) is 1.47. The molecule has 1 saturated heterocycles. The third-order valence-electron chi connectivity index (χ3n) is 3.79. The molecule has 1 aliphatic rings. The van der Waals surface area contributed by atoms with Crippen LogP contribution in [0.15, 0.2) is 18.3 Å². The van der Waals surface area contributed by atoms with E-state index in [0.29, 0.717) is 18.0 Å². The summed E-state index contributed by atoms with van der Waals surface area (Å²) in [6.07, 6.45) is 3.57. The van der Waals surface area contributed by atoms with Crippen molar-refractivity contribution in [1.82, 2.24) is 9.88 Å². The van der Waals surface area contributed by atoms with Crippen LogP contribution in [-0.4, -0.2) is 54.1 Å². The molecule has 1 atom stereocenters. The fourth-order valence-electron chi connectivity index (χ4n) is 2.59. The molecule has 0 spiro atoms. The van der Waals surface area contributed by atoms with Crippen LogP contribution in [0, 0.1) is 5.92 Å². The molecule has 0 saturated carbocycles. The number of pyridine rings is 1. The van der Waals surface area contributed by atoms with Crippen molar-refractivity contribution in [3.63, 3.8) is 0 Å². The first-order valence-corrected chi connectivity index (χ1v) is 7.12.